The quantitative estimate of drug-likeness (QED) is 0.777. The van der Waals surface area contributed by atoms with Gasteiger partial charge in [-0.2, -0.15) is 0 Å². The minimum Gasteiger partial charge on any atom is -0.497 e. The van der Waals surface area contributed by atoms with E-state index in [4.69, 9.17) is 9.47 Å². The van der Waals surface area contributed by atoms with Gasteiger partial charge in [-0.15, -0.1) is 0 Å². The Bertz CT molecular complexity index is 576. The van der Waals surface area contributed by atoms with Crippen molar-refractivity contribution in [2.24, 2.45) is 0 Å². The van der Waals surface area contributed by atoms with Crippen LogP contribution in [0.25, 0.3) is 10.8 Å². The van der Waals surface area contributed by atoms with Crippen molar-refractivity contribution in [3.8, 4) is 5.75 Å². The molecule has 1 aliphatic rings. The van der Waals surface area contributed by atoms with Crippen molar-refractivity contribution < 1.29 is 9.47 Å². The molecule has 3 heteroatoms. The molecule has 2 nitrogen and oxygen atoms in total. The summed E-state index contributed by atoms with van der Waals surface area (Å²) in [5, 5.41) is 2.44. The average molecular weight is 321 g/mol. The van der Waals surface area contributed by atoms with Gasteiger partial charge in [-0.1, -0.05) is 34.1 Å². The number of alkyl halides is 1. The van der Waals surface area contributed by atoms with Gasteiger partial charge in [-0.3, -0.25) is 0 Å². The van der Waals surface area contributed by atoms with Crippen molar-refractivity contribution in [1.29, 1.82) is 0 Å². The molecule has 3 rings (SSSR count). The molecule has 1 fully saturated rings. The van der Waals surface area contributed by atoms with Gasteiger partial charge in [-0.05, 0) is 47.4 Å². The lowest BCUT2D eigenvalue weighted by atomic mass is 10.0. The average Bonchev–Trinajstić information content (AvgIpc) is 2.99. The van der Waals surface area contributed by atoms with E-state index < -0.39 is 0 Å². The number of fused-ring (bicyclic) bond motifs is 1. The van der Waals surface area contributed by atoms with E-state index in [0.29, 0.717) is 6.10 Å². The monoisotopic (exact) mass is 320 g/mol. The summed E-state index contributed by atoms with van der Waals surface area (Å²) in [6.07, 6.45) is 2.60. The van der Waals surface area contributed by atoms with Crippen molar-refractivity contribution in [2.45, 2.75) is 23.8 Å². The second-order valence-corrected chi connectivity index (χ2v) is 5.91. The standard InChI is InChI=1S/C16H17BrO2/c1-18-14-7-6-11-9-13(5-4-12(11)10-14)16(17)15-3-2-8-19-15/h4-7,9-10,15-16H,2-3,8H2,1H3. The number of rotatable bonds is 3. The smallest absolute Gasteiger partial charge is 0.119 e. The second-order valence-electron chi connectivity index (χ2n) is 4.93. The molecule has 0 bridgehead atoms. The molecular formula is C16H17BrO2. The first kappa shape index (κ1) is 12.9. The first-order valence-corrected chi connectivity index (χ1v) is 7.53. The highest BCUT2D eigenvalue weighted by Gasteiger charge is 2.25. The zero-order chi connectivity index (χ0) is 13.2. The molecule has 100 valence electrons. The van der Waals surface area contributed by atoms with Gasteiger partial charge >= 0.3 is 0 Å². The molecule has 2 unspecified atom stereocenters. The maximum Gasteiger partial charge on any atom is 0.119 e. The number of hydrogen-bond acceptors (Lipinski definition) is 2. The second kappa shape index (κ2) is 5.51. The third-order valence-electron chi connectivity index (χ3n) is 3.68. The number of ether oxygens (including phenoxy) is 2. The van der Waals surface area contributed by atoms with Gasteiger partial charge in [0.25, 0.3) is 0 Å². The van der Waals surface area contributed by atoms with Crippen molar-refractivity contribution in [2.75, 3.05) is 13.7 Å². The van der Waals surface area contributed by atoms with E-state index in [-0.39, 0.29) is 4.83 Å². The lowest BCUT2D eigenvalue weighted by Crippen LogP contribution is -2.12. The Hall–Kier alpha value is -1.06. The molecule has 2 aromatic rings. The highest BCUT2D eigenvalue weighted by atomic mass is 79.9. The lowest BCUT2D eigenvalue weighted by molar-refractivity contribution is 0.110. The fourth-order valence-electron chi connectivity index (χ4n) is 2.59. The van der Waals surface area contributed by atoms with Crippen LogP contribution in [0.1, 0.15) is 23.2 Å². The summed E-state index contributed by atoms with van der Waals surface area (Å²) in [4.78, 5) is 0.279. The number of halogens is 1. The van der Waals surface area contributed by atoms with Crippen LogP contribution in [0.4, 0.5) is 0 Å². The summed E-state index contributed by atoms with van der Waals surface area (Å²) in [7, 11) is 1.70. The van der Waals surface area contributed by atoms with Crippen LogP contribution in [-0.4, -0.2) is 19.8 Å². The molecule has 1 aliphatic heterocycles. The molecule has 1 saturated heterocycles. The minimum atomic E-state index is 0.279. The van der Waals surface area contributed by atoms with Gasteiger partial charge in [0.1, 0.15) is 5.75 Å². The van der Waals surface area contributed by atoms with E-state index in [1.807, 2.05) is 6.07 Å². The van der Waals surface area contributed by atoms with Gasteiger partial charge in [0.2, 0.25) is 0 Å². The van der Waals surface area contributed by atoms with Crippen LogP contribution in [0.5, 0.6) is 5.75 Å². The third kappa shape index (κ3) is 2.63. The molecule has 0 aromatic heterocycles. The Labute approximate surface area is 121 Å². The van der Waals surface area contributed by atoms with Crippen molar-refractivity contribution >= 4 is 26.7 Å². The maximum absolute atomic E-state index is 5.75. The van der Waals surface area contributed by atoms with E-state index in [0.717, 1.165) is 25.2 Å². The summed E-state index contributed by atoms with van der Waals surface area (Å²) < 4.78 is 11.0. The highest BCUT2D eigenvalue weighted by molar-refractivity contribution is 9.09. The van der Waals surface area contributed by atoms with Gasteiger partial charge in [-0.25, -0.2) is 0 Å². The molecule has 0 amide bonds. The molecule has 2 atom stereocenters. The predicted octanol–water partition coefficient (Wildman–Crippen LogP) is 4.46. The van der Waals surface area contributed by atoms with Crippen LogP contribution in [0.3, 0.4) is 0 Å². The van der Waals surface area contributed by atoms with Gasteiger partial charge in [0.05, 0.1) is 18.0 Å². The fraction of sp³-hybridized carbons (Fsp3) is 0.375. The van der Waals surface area contributed by atoms with Crippen LogP contribution in [0, 0.1) is 0 Å². The zero-order valence-electron chi connectivity index (χ0n) is 10.9. The van der Waals surface area contributed by atoms with Crippen molar-refractivity contribution in [3.63, 3.8) is 0 Å². The number of methoxy groups -OCH3 is 1. The minimum absolute atomic E-state index is 0.279. The van der Waals surface area contributed by atoms with Gasteiger partial charge < -0.3 is 9.47 Å². The van der Waals surface area contributed by atoms with Crippen LogP contribution in [-0.2, 0) is 4.74 Å². The van der Waals surface area contributed by atoms with Crippen LogP contribution in [0.2, 0.25) is 0 Å². The van der Waals surface area contributed by atoms with E-state index in [1.54, 1.807) is 7.11 Å². The maximum atomic E-state index is 5.75. The Morgan fingerprint density at radius 3 is 2.74 bits per heavy atom. The normalized spacial score (nSPS) is 20.6. The number of benzene rings is 2. The topological polar surface area (TPSA) is 18.5 Å². The first-order valence-electron chi connectivity index (χ1n) is 6.61. The van der Waals surface area contributed by atoms with Crippen molar-refractivity contribution in [1.82, 2.24) is 0 Å². The van der Waals surface area contributed by atoms with Gasteiger partial charge in [0.15, 0.2) is 0 Å². The lowest BCUT2D eigenvalue weighted by Gasteiger charge is -2.17. The largest absolute Gasteiger partial charge is 0.497 e. The Morgan fingerprint density at radius 1 is 1.21 bits per heavy atom. The predicted molar refractivity (Wildman–Crippen MR) is 81.1 cm³/mol. The molecule has 1 heterocycles. The Balaban J connectivity index is 1.92. The molecule has 0 saturated carbocycles. The van der Waals surface area contributed by atoms with Crippen LogP contribution in [0.15, 0.2) is 36.4 Å². The molecule has 0 aliphatic carbocycles. The van der Waals surface area contributed by atoms with Gasteiger partial charge in [0, 0.05) is 6.61 Å². The number of hydrogen-bond donors (Lipinski definition) is 0. The molecular weight excluding hydrogens is 304 g/mol. The zero-order valence-corrected chi connectivity index (χ0v) is 12.5. The summed E-state index contributed by atoms with van der Waals surface area (Å²) in [5.41, 5.74) is 1.28. The molecule has 2 aromatic carbocycles. The van der Waals surface area contributed by atoms with Crippen LogP contribution >= 0.6 is 15.9 Å². The molecule has 19 heavy (non-hydrogen) atoms. The fourth-order valence-corrected chi connectivity index (χ4v) is 3.29. The molecule has 0 radical (unpaired) electrons. The summed E-state index contributed by atoms with van der Waals surface area (Å²) in [5.74, 6) is 0.898. The van der Waals surface area contributed by atoms with Crippen molar-refractivity contribution in [3.05, 3.63) is 42.0 Å². The molecule has 0 spiro atoms. The van der Waals surface area contributed by atoms with E-state index in [1.165, 1.54) is 16.3 Å². The first-order chi connectivity index (χ1) is 9.28. The van der Waals surface area contributed by atoms with E-state index in [2.05, 4.69) is 46.3 Å². The Morgan fingerprint density at radius 2 is 2.00 bits per heavy atom. The third-order valence-corrected chi connectivity index (χ3v) is 4.80. The summed E-state index contributed by atoms with van der Waals surface area (Å²) in [6.45, 7) is 0.886. The van der Waals surface area contributed by atoms with E-state index in [9.17, 15) is 0 Å². The SMILES string of the molecule is COc1ccc2cc(C(Br)C3CCCO3)ccc2c1. The van der Waals surface area contributed by atoms with Crippen LogP contribution < -0.4 is 4.74 Å². The Kier molecular flexibility index (Phi) is 3.76. The summed E-state index contributed by atoms with van der Waals surface area (Å²) >= 11 is 3.78. The summed E-state index contributed by atoms with van der Waals surface area (Å²) in [6, 6.07) is 12.7. The van der Waals surface area contributed by atoms with E-state index >= 15 is 0 Å². The molecule has 0 N–H and O–H groups in total. The highest BCUT2D eigenvalue weighted by Crippen LogP contribution is 2.35.